The minimum Gasteiger partial charge on any atom is -0.436 e. The normalized spacial score (nSPS) is 17.4. The summed E-state index contributed by atoms with van der Waals surface area (Å²) >= 11 is 0. The molecular weight excluding hydrogens is 345 g/mol. The van der Waals surface area contributed by atoms with Crippen LogP contribution < -0.4 is 4.74 Å². The zero-order chi connectivity index (χ0) is 18.8. The molecule has 1 aliphatic rings. The third-order valence-electron chi connectivity index (χ3n) is 4.84. The average Bonchev–Trinajstić information content (AvgIpc) is 3.26. The molecule has 0 radical (unpaired) electrons. The summed E-state index contributed by atoms with van der Waals surface area (Å²) in [5, 5.41) is 0. The lowest BCUT2D eigenvalue weighted by atomic mass is 10.2. The predicted molar refractivity (Wildman–Crippen MR) is 98.8 cm³/mol. The van der Waals surface area contributed by atoms with Gasteiger partial charge in [0.25, 0.3) is 0 Å². The van der Waals surface area contributed by atoms with Gasteiger partial charge in [-0.15, -0.1) is 0 Å². The molecule has 27 heavy (non-hydrogen) atoms. The van der Waals surface area contributed by atoms with Crippen LogP contribution in [0.3, 0.4) is 0 Å². The molecule has 6 nitrogen and oxygen atoms in total. The molecule has 0 saturated carbocycles. The standard InChI is InChI=1S/C20H22FN5O/c1-14-10-19(27-18-8-4-3-6-16(18)21)24-20(23-14)17-7-5-9-26(17)12-15-11-22-13-25(15)2/h3-4,6,8,10-11,13,17H,5,7,9,12H2,1-2H3/t17-/m0/s1. The van der Waals surface area contributed by atoms with E-state index in [9.17, 15) is 4.39 Å². The van der Waals surface area contributed by atoms with Gasteiger partial charge in [-0.05, 0) is 38.4 Å². The SMILES string of the molecule is Cc1cc(Oc2ccccc2F)nc([C@@H]2CCCN2Cc2cncn2C)n1. The van der Waals surface area contributed by atoms with Crippen LogP contribution in [0.25, 0.3) is 0 Å². The zero-order valence-corrected chi connectivity index (χ0v) is 15.5. The van der Waals surface area contributed by atoms with E-state index in [0.29, 0.717) is 5.88 Å². The van der Waals surface area contributed by atoms with E-state index in [-0.39, 0.29) is 11.8 Å². The van der Waals surface area contributed by atoms with Gasteiger partial charge < -0.3 is 9.30 Å². The van der Waals surface area contributed by atoms with Crippen molar-refractivity contribution < 1.29 is 9.13 Å². The van der Waals surface area contributed by atoms with Crippen LogP contribution in [0.5, 0.6) is 11.6 Å². The van der Waals surface area contributed by atoms with Crippen molar-refractivity contribution in [2.24, 2.45) is 7.05 Å². The Balaban J connectivity index is 1.58. The number of hydrogen-bond donors (Lipinski definition) is 0. The number of para-hydroxylation sites is 1. The van der Waals surface area contributed by atoms with Gasteiger partial charge in [-0.25, -0.2) is 14.4 Å². The molecule has 0 unspecified atom stereocenters. The van der Waals surface area contributed by atoms with Gasteiger partial charge >= 0.3 is 0 Å². The van der Waals surface area contributed by atoms with Crippen molar-refractivity contribution in [1.29, 1.82) is 0 Å². The van der Waals surface area contributed by atoms with E-state index in [4.69, 9.17) is 4.74 Å². The second-order valence-electron chi connectivity index (χ2n) is 6.86. The molecule has 1 fully saturated rings. The van der Waals surface area contributed by atoms with Crippen LogP contribution in [0, 0.1) is 12.7 Å². The summed E-state index contributed by atoms with van der Waals surface area (Å²) in [6, 6.07) is 8.18. The largest absolute Gasteiger partial charge is 0.436 e. The van der Waals surface area contributed by atoms with Gasteiger partial charge in [0.2, 0.25) is 5.88 Å². The predicted octanol–water partition coefficient (Wildman–Crippen LogP) is 3.79. The van der Waals surface area contributed by atoms with Crippen LogP contribution in [0.2, 0.25) is 0 Å². The van der Waals surface area contributed by atoms with E-state index in [2.05, 4.69) is 19.9 Å². The van der Waals surface area contributed by atoms with Gasteiger partial charge in [0, 0.05) is 31.5 Å². The van der Waals surface area contributed by atoms with Crippen LogP contribution in [0.1, 0.15) is 36.1 Å². The molecule has 3 heterocycles. The lowest BCUT2D eigenvalue weighted by Gasteiger charge is -2.23. The maximum absolute atomic E-state index is 13.9. The Labute approximate surface area is 157 Å². The third kappa shape index (κ3) is 3.83. The molecule has 0 amide bonds. The number of likely N-dealkylation sites (tertiary alicyclic amines) is 1. The van der Waals surface area contributed by atoms with E-state index < -0.39 is 5.82 Å². The summed E-state index contributed by atoms with van der Waals surface area (Å²) in [5.74, 6) is 0.852. The number of aryl methyl sites for hydroxylation is 2. The van der Waals surface area contributed by atoms with Crippen molar-refractivity contribution >= 4 is 0 Å². The molecule has 140 valence electrons. The van der Waals surface area contributed by atoms with E-state index >= 15 is 0 Å². The van der Waals surface area contributed by atoms with Crippen molar-refractivity contribution in [2.45, 2.75) is 32.4 Å². The molecule has 1 aliphatic heterocycles. The van der Waals surface area contributed by atoms with Crippen molar-refractivity contribution in [3.05, 3.63) is 65.9 Å². The minimum atomic E-state index is -0.408. The van der Waals surface area contributed by atoms with Crippen molar-refractivity contribution in [1.82, 2.24) is 24.4 Å². The molecule has 1 saturated heterocycles. The smallest absolute Gasteiger partial charge is 0.222 e. The molecule has 1 atom stereocenters. The fraction of sp³-hybridized carbons (Fsp3) is 0.350. The first kappa shape index (κ1) is 17.6. The van der Waals surface area contributed by atoms with Crippen LogP contribution >= 0.6 is 0 Å². The number of halogens is 1. The molecule has 4 rings (SSSR count). The van der Waals surface area contributed by atoms with E-state index in [0.717, 1.165) is 43.1 Å². The molecule has 2 aromatic heterocycles. The summed E-state index contributed by atoms with van der Waals surface area (Å²) in [5.41, 5.74) is 1.95. The molecule has 7 heteroatoms. The van der Waals surface area contributed by atoms with Gasteiger partial charge in [-0.3, -0.25) is 4.90 Å². The first-order chi connectivity index (χ1) is 13.1. The Morgan fingerprint density at radius 3 is 2.89 bits per heavy atom. The van der Waals surface area contributed by atoms with Crippen molar-refractivity contribution in [2.75, 3.05) is 6.54 Å². The first-order valence-corrected chi connectivity index (χ1v) is 9.07. The van der Waals surface area contributed by atoms with Gasteiger partial charge in [0.15, 0.2) is 11.6 Å². The number of hydrogen-bond acceptors (Lipinski definition) is 5. The maximum Gasteiger partial charge on any atom is 0.222 e. The highest BCUT2D eigenvalue weighted by Crippen LogP contribution is 2.33. The second-order valence-corrected chi connectivity index (χ2v) is 6.86. The lowest BCUT2D eigenvalue weighted by molar-refractivity contribution is 0.233. The van der Waals surface area contributed by atoms with Crippen LogP contribution in [0.4, 0.5) is 4.39 Å². The van der Waals surface area contributed by atoms with Gasteiger partial charge in [-0.1, -0.05) is 12.1 Å². The summed E-state index contributed by atoms with van der Waals surface area (Å²) < 4.78 is 21.6. The van der Waals surface area contributed by atoms with Crippen molar-refractivity contribution in [3.8, 4) is 11.6 Å². The van der Waals surface area contributed by atoms with Crippen LogP contribution in [-0.4, -0.2) is 31.0 Å². The summed E-state index contributed by atoms with van der Waals surface area (Å²) in [6.07, 6.45) is 5.77. The van der Waals surface area contributed by atoms with Gasteiger partial charge in [0.1, 0.15) is 5.82 Å². The molecule has 0 aliphatic carbocycles. The van der Waals surface area contributed by atoms with Crippen LogP contribution in [0.15, 0.2) is 42.9 Å². The Hall–Kier alpha value is -2.80. The number of nitrogens with zero attached hydrogens (tertiary/aromatic N) is 5. The molecule has 0 N–H and O–H groups in total. The number of imidazole rings is 1. The molecule has 0 spiro atoms. The maximum atomic E-state index is 13.9. The second kappa shape index (κ2) is 7.44. The number of ether oxygens (including phenoxy) is 1. The Kier molecular flexibility index (Phi) is 4.85. The van der Waals surface area contributed by atoms with Crippen molar-refractivity contribution in [3.63, 3.8) is 0 Å². The zero-order valence-electron chi connectivity index (χ0n) is 15.5. The highest BCUT2D eigenvalue weighted by atomic mass is 19.1. The molecule has 0 bridgehead atoms. The van der Waals surface area contributed by atoms with Gasteiger partial charge in [-0.2, -0.15) is 4.98 Å². The summed E-state index contributed by atoms with van der Waals surface area (Å²) in [7, 11) is 2.00. The highest BCUT2D eigenvalue weighted by molar-refractivity contribution is 5.29. The van der Waals surface area contributed by atoms with E-state index in [1.54, 1.807) is 24.3 Å². The quantitative estimate of drug-likeness (QED) is 0.687. The van der Waals surface area contributed by atoms with E-state index in [1.165, 1.54) is 6.07 Å². The Morgan fingerprint density at radius 1 is 1.26 bits per heavy atom. The van der Waals surface area contributed by atoms with Gasteiger partial charge in [0.05, 0.1) is 18.1 Å². The van der Waals surface area contributed by atoms with E-state index in [1.807, 2.05) is 31.1 Å². The average molecular weight is 367 g/mol. The Bertz CT molecular complexity index is 942. The third-order valence-corrected chi connectivity index (χ3v) is 4.84. The minimum absolute atomic E-state index is 0.114. The molecule has 3 aromatic rings. The number of aromatic nitrogens is 4. The first-order valence-electron chi connectivity index (χ1n) is 9.07. The highest BCUT2D eigenvalue weighted by Gasteiger charge is 2.29. The number of benzene rings is 1. The summed E-state index contributed by atoms with van der Waals surface area (Å²) in [6.45, 7) is 3.68. The summed E-state index contributed by atoms with van der Waals surface area (Å²) in [4.78, 5) is 15.8. The number of rotatable bonds is 5. The lowest BCUT2D eigenvalue weighted by Crippen LogP contribution is -2.25. The molecular formula is C20H22FN5O. The Morgan fingerprint density at radius 2 is 2.11 bits per heavy atom. The van der Waals surface area contributed by atoms with Crippen LogP contribution in [-0.2, 0) is 13.6 Å². The molecule has 1 aromatic carbocycles. The monoisotopic (exact) mass is 367 g/mol. The topological polar surface area (TPSA) is 56.1 Å². The fourth-order valence-corrected chi connectivity index (χ4v) is 3.46. The fourth-order valence-electron chi connectivity index (χ4n) is 3.46.